The Hall–Kier alpha value is -2.16. The second-order valence-electron chi connectivity index (χ2n) is 3.72. The third-order valence-corrected chi connectivity index (χ3v) is 2.54. The molecule has 0 aliphatic heterocycles. The largest absolute Gasteiger partial charge is 0.460 e. The Kier molecular flexibility index (Phi) is 2.91. The van der Waals surface area contributed by atoms with Gasteiger partial charge in [0.25, 0.3) is 0 Å². The number of ketones is 1. The Labute approximate surface area is 98.4 Å². The summed E-state index contributed by atoms with van der Waals surface area (Å²) in [5, 5.41) is 0.436. The Morgan fingerprint density at radius 2 is 2.00 bits per heavy atom. The van der Waals surface area contributed by atoms with Gasteiger partial charge in [-0.15, -0.1) is 0 Å². The van der Waals surface area contributed by atoms with Crippen LogP contribution in [0.15, 0.2) is 45.6 Å². The number of benzene rings is 1. The summed E-state index contributed by atoms with van der Waals surface area (Å²) in [5.41, 5.74) is 0.348. The lowest BCUT2D eigenvalue weighted by molar-refractivity contribution is 0.104. The summed E-state index contributed by atoms with van der Waals surface area (Å²) in [6.07, 6.45) is 2.98. The zero-order chi connectivity index (χ0) is 12.4. The Morgan fingerprint density at radius 3 is 2.71 bits per heavy atom. The molecule has 0 amide bonds. The molecule has 0 bridgehead atoms. The third kappa shape index (κ3) is 1.91. The van der Waals surface area contributed by atoms with Gasteiger partial charge in [-0.05, 0) is 32.1 Å². The van der Waals surface area contributed by atoms with Crippen molar-refractivity contribution in [1.82, 2.24) is 0 Å². The first kappa shape index (κ1) is 11.3. The molecule has 0 radical (unpaired) electrons. The normalized spacial score (nSPS) is 11.2. The lowest BCUT2D eigenvalue weighted by atomic mass is 10.1. The van der Waals surface area contributed by atoms with Crippen LogP contribution < -0.4 is 5.43 Å². The van der Waals surface area contributed by atoms with Crippen molar-refractivity contribution in [3.63, 3.8) is 0 Å². The van der Waals surface area contributed by atoms with Crippen molar-refractivity contribution in [2.24, 2.45) is 0 Å². The average Bonchev–Trinajstić information content (AvgIpc) is 2.29. The SMILES string of the molecule is C/C=C/C(=O)c1c(C)oc2ccccc2c1=O. The van der Waals surface area contributed by atoms with Gasteiger partial charge in [0, 0.05) is 0 Å². The van der Waals surface area contributed by atoms with Gasteiger partial charge in [-0.25, -0.2) is 0 Å². The first-order valence-corrected chi connectivity index (χ1v) is 5.34. The maximum Gasteiger partial charge on any atom is 0.204 e. The van der Waals surface area contributed by atoms with Crippen molar-refractivity contribution in [2.75, 3.05) is 0 Å². The van der Waals surface area contributed by atoms with Gasteiger partial charge < -0.3 is 4.42 Å². The molecule has 2 aromatic rings. The zero-order valence-electron chi connectivity index (χ0n) is 9.69. The van der Waals surface area contributed by atoms with Crippen LogP contribution in [-0.4, -0.2) is 5.78 Å². The molecule has 0 saturated carbocycles. The van der Waals surface area contributed by atoms with Gasteiger partial charge in [0.15, 0.2) is 5.78 Å². The second-order valence-corrected chi connectivity index (χ2v) is 3.72. The van der Waals surface area contributed by atoms with E-state index >= 15 is 0 Å². The van der Waals surface area contributed by atoms with E-state index in [-0.39, 0.29) is 16.8 Å². The molecule has 17 heavy (non-hydrogen) atoms. The molecule has 1 heterocycles. The molecule has 3 heteroatoms. The van der Waals surface area contributed by atoms with E-state index < -0.39 is 0 Å². The van der Waals surface area contributed by atoms with E-state index in [9.17, 15) is 9.59 Å². The van der Waals surface area contributed by atoms with Crippen LogP contribution in [0, 0.1) is 6.92 Å². The predicted molar refractivity (Wildman–Crippen MR) is 66.4 cm³/mol. The molecule has 0 aliphatic rings. The number of allylic oxidation sites excluding steroid dienone is 2. The van der Waals surface area contributed by atoms with Crippen molar-refractivity contribution >= 4 is 16.8 Å². The lowest BCUT2D eigenvalue weighted by Gasteiger charge is -2.03. The van der Waals surface area contributed by atoms with E-state index in [4.69, 9.17) is 4.42 Å². The van der Waals surface area contributed by atoms with Gasteiger partial charge in [0.05, 0.1) is 5.39 Å². The maximum atomic E-state index is 12.2. The summed E-state index contributed by atoms with van der Waals surface area (Å²) in [4.78, 5) is 23.9. The molecule has 0 fully saturated rings. The predicted octanol–water partition coefficient (Wildman–Crippen LogP) is 2.86. The van der Waals surface area contributed by atoms with Crippen LogP contribution in [0.3, 0.4) is 0 Å². The Bertz CT molecular complexity index is 663. The van der Waals surface area contributed by atoms with Crippen LogP contribution in [0.2, 0.25) is 0 Å². The van der Waals surface area contributed by atoms with E-state index in [0.717, 1.165) is 0 Å². The van der Waals surface area contributed by atoms with Crippen molar-refractivity contribution < 1.29 is 9.21 Å². The molecular weight excluding hydrogens is 216 g/mol. The Balaban J connectivity index is 2.81. The molecular formula is C14H12O3. The van der Waals surface area contributed by atoms with Gasteiger partial charge in [0.2, 0.25) is 5.43 Å². The zero-order valence-corrected chi connectivity index (χ0v) is 9.69. The van der Waals surface area contributed by atoms with Gasteiger partial charge in [-0.3, -0.25) is 9.59 Å². The number of hydrogen-bond acceptors (Lipinski definition) is 3. The quantitative estimate of drug-likeness (QED) is 0.586. The van der Waals surface area contributed by atoms with Crippen LogP contribution in [0.25, 0.3) is 11.0 Å². The van der Waals surface area contributed by atoms with Gasteiger partial charge in [0.1, 0.15) is 16.9 Å². The molecule has 86 valence electrons. The highest BCUT2D eigenvalue weighted by Crippen LogP contribution is 2.15. The maximum absolute atomic E-state index is 12.2. The number of carbonyl (C=O) groups is 1. The minimum absolute atomic E-state index is 0.113. The second kappa shape index (κ2) is 4.37. The fourth-order valence-electron chi connectivity index (χ4n) is 1.77. The monoisotopic (exact) mass is 228 g/mol. The van der Waals surface area contributed by atoms with Crippen molar-refractivity contribution in [2.45, 2.75) is 13.8 Å². The van der Waals surface area contributed by atoms with Crippen molar-refractivity contribution in [3.8, 4) is 0 Å². The summed E-state index contributed by atoms with van der Waals surface area (Å²) in [7, 11) is 0. The highest BCUT2D eigenvalue weighted by Gasteiger charge is 2.15. The summed E-state index contributed by atoms with van der Waals surface area (Å²) < 4.78 is 5.49. The molecule has 0 aliphatic carbocycles. The molecule has 1 aromatic carbocycles. The van der Waals surface area contributed by atoms with Crippen molar-refractivity contribution in [3.05, 3.63) is 58.0 Å². The number of para-hydroxylation sites is 1. The van der Waals surface area contributed by atoms with E-state index in [0.29, 0.717) is 16.7 Å². The van der Waals surface area contributed by atoms with Gasteiger partial charge >= 0.3 is 0 Å². The van der Waals surface area contributed by atoms with Crippen molar-refractivity contribution in [1.29, 1.82) is 0 Å². The van der Waals surface area contributed by atoms with E-state index in [1.165, 1.54) is 6.08 Å². The number of rotatable bonds is 2. The number of carbonyl (C=O) groups excluding carboxylic acids is 1. The molecule has 0 saturated heterocycles. The first-order chi connectivity index (χ1) is 8.15. The smallest absolute Gasteiger partial charge is 0.204 e. The van der Waals surface area contributed by atoms with Gasteiger partial charge in [-0.1, -0.05) is 18.2 Å². The van der Waals surface area contributed by atoms with Crippen LogP contribution in [-0.2, 0) is 0 Å². The molecule has 2 rings (SSSR count). The molecule has 0 N–H and O–H groups in total. The number of fused-ring (bicyclic) bond motifs is 1. The van der Waals surface area contributed by atoms with Crippen LogP contribution >= 0.6 is 0 Å². The topological polar surface area (TPSA) is 47.3 Å². The number of aryl methyl sites for hydroxylation is 1. The Morgan fingerprint density at radius 1 is 1.29 bits per heavy atom. The fraction of sp³-hybridized carbons (Fsp3) is 0.143. The van der Waals surface area contributed by atoms with E-state index in [1.54, 1.807) is 44.2 Å². The molecule has 3 nitrogen and oxygen atoms in total. The van der Waals surface area contributed by atoms with E-state index in [2.05, 4.69) is 0 Å². The van der Waals surface area contributed by atoms with Crippen LogP contribution in [0.5, 0.6) is 0 Å². The minimum Gasteiger partial charge on any atom is -0.460 e. The molecule has 0 unspecified atom stereocenters. The molecule has 1 aromatic heterocycles. The first-order valence-electron chi connectivity index (χ1n) is 5.34. The number of hydrogen-bond donors (Lipinski definition) is 0. The summed E-state index contributed by atoms with van der Waals surface area (Å²) in [5.74, 6) is 0.0429. The molecule has 0 spiro atoms. The van der Waals surface area contributed by atoms with E-state index in [1.807, 2.05) is 0 Å². The minimum atomic E-state index is -0.315. The highest BCUT2D eigenvalue weighted by atomic mass is 16.3. The fourth-order valence-corrected chi connectivity index (χ4v) is 1.77. The average molecular weight is 228 g/mol. The highest BCUT2D eigenvalue weighted by molar-refractivity contribution is 6.06. The summed E-state index contributed by atoms with van der Waals surface area (Å²) in [6, 6.07) is 6.91. The lowest BCUT2D eigenvalue weighted by Crippen LogP contribution is -2.15. The summed E-state index contributed by atoms with van der Waals surface area (Å²) in [6.45, 7) is 3.36. The summed E-state index contributed by atoms with van der Waals surface area (Å²) >= 11 is 0. The van der Waals surface area contributed by atoms with Gasteiger partial charge in [-0.2, -0.15) is 0 Å². The van der Waals surface area contributed by atoms with Crippen LogP contribution in [0.4, 0.5) is 0 Å². The molecule has 0 atom stereocenters. The third-order valence-electron chi connectivity index (χ3n) is 2.54. The standard InChI is InChI=1S/C14H12O3/c1-3-6-11(15)13-9(2)17-12-8-5-4-7-10(12)14(13)16/h3-8H,1-2H3/b6-3+. The van der Waals surface area contributed by atoms with Crippen LogP contribution in [0.1, 0.15) is 23.0 Å².